The number of hydrogen-bond donors (Lipinski definition) is 1. The molecule has 198 valence electrons. The SMILES string of the molecule is CCCC(C(=O)Cc1ccc(C(N)=O)c(F)c1)n1cc(OC)c(-c2cc(Cl)ccc2C2=NOCC2)cc1=O. The second-order valence-corrected chi connectivity index (χ2v) is 9.37. The molecule has 38 heavy (non-hydrogen) atoms. The number of hydrogen-bond acceptors (Lipinski definition) is 6. The van der Waals surface area contributed by atoms with Crippen LogP contribution < -0.4 is 16.0 Å². The number of primary amides is 1. The largest absolute Gasteiger partial charge is 0.495 e. The quantitative estimate of drug-likeness (QED) is 0.401. The molecule has 0 spiro atoms. The number of carbonyl (C=O) groups is 2. The van der Waals surface area contributed by atoms with E-state index in [1.165, 1.54) is 36.1 Å². The van der Waals surface area contributed by atoms with Crippen molar-refractivity contribution in [1.82, 2.24) is 4.57 Å². The van der Waals surface area contributed by atoms with Crippen LogP contribution >= 0.6 is 11.6 Å². The summed E-state index contributed by atoms with van der Waals surface area (Å²) in [4.78, 5) is 43.2. The summed E-state index contributed by atoms with van der Waals surface area (Å²) in [6, 6.07) is 9.75. The molecule has 3 aromatic rings. The number of halogens is 2. The highest BCUT2D eigenvalue weighted by Crippen LogP contribution is 2.35. The third-order valence-electron chi connectivity index (χ3n) is 6.40. The molecule has 1 aliphatic rings. The minimum atomic E-state index is -0.890. The topological polar surface area (TPSA) is 113 Å². The Morgan fingerprint density at radius 3 is 2.61 bits per heavy atom. The number of oxime groups is 1. The Kier molecular flexibility index (Phi) is 8.26. The first-order valence-corrected chi connectivity index (χ1v) is 12.5. The molecule has 0 fully saturated rings. The number of Topliss-reactive ketones (excluding diaryl/α,β-unsaturated/α-hetero) is 1. The Morgan fingerprint density at radius 1 is 1.18 bits per heavy atom. The molecule has 0 bridgehead atoms. The van der Waals surface area contributed by atoms with Gasteiger partial charge >= 0.3 is 0 Å². The van der Waals surface area contributed by atoms with Gasteiger partial charge in [-0.1, -0.05) is 42.2 Å². The molecule has 0 saturated carbocycles. The van der Waals surface area contributed by atoms with E-state index < -0.39 is 23.3 Å². The standard InChI is InChI=1S/C28H27ClFN3O5/c1-3-4-24(25(34)12-16-5-7-19(28(31)36)22(30)11-16)33-15-26(37-2)21(14-27(33)35)20-13-17(29)6-8-18(20)23-9-10-38-32-23/h5-8,11,13-15,24H,3-4,9-10,12H2,1-2H3,(H2,31,36). The average Bonchev–Trinajstić information content (AvgIpc) is 3.42. The van der Waals surface area contributed by atoms with Gasteiger partial charge in [-0.3, -0.25) is 14.4 Å². The van der Waals surface area contributed by atoms with Gasteiger partial charge in [0.25, 0.3) is 11.5 Å². The molecule has 2 N–H and O–H groups in total. The van der Waals surface area contributed by atoms with Crippen molar-refractivity contribution in [3.8, 4) is 16.9 Å². The zero-order chi connectivity index (χ0) is 27.4. The maximum absolute atomic E-state index is 14.3. The fraction of sp³-hybridized carbons (Fsp3) is 0.286. The highest BCUT2D eigenvalue weighted by molar-refractivity contribution is 6.31. The summed E-state index contributed by atoms with van der Waals surface area (Å²) in [6.45, 7) is 2.37. The number of nitrogens with zero attached hydrogens (tertiary/aromatic N) is 2. The summed E-state index contributed by atoms with van der Waals surface area (Å²) in [5.41, 5.74) is 7.55. The van der Waals surface area contributed by atoms with Crippen molar-refractivity contribution in [2.24, 2.45) is 10.9 Å². The van der Waals surface area contributed by atoms with E-state index in [9.17, 15) is 18.8 Å². The van der Waals surface area contributed by atoms with E-state index in [1.54, 1.807) is 12.1 Å². The number of rotatable bonds is 10. The number of nitrogens with two attached hydrogens (primary N) is 1. The number of aromatic nitrogens is 1. The molecule has 2 aromatic carbocycles. The minimum Gasteiger partial charge on any atom is -0.495 e. The molecule has 0 saturated heterocycles. The lowest BCUT2D eigenvalue weighted by Crippen LogP contribution is -2.30. The van der Waals surface area contributed by atoms with E-state index in [1.807, 2.05) is 13.0 Å². The molecular weight excluding hydrogens is 513 g/mol. The second-order valence-electron chi connectivity index (χ2n) is 8.94. The van der Waals surface area contributed by atoms with Crippen LogP contribution in [0, 0.1) is 5.82 Å². The van der Waals surface area contributed by atoms with Crippen LogP contribution in [0.5, 0.6) is 5.75 Å². The van der Waals surface area contributed by atoms with Gasteiger partial charge in [-0.25, -0.2) is 4.39 Å². The summed E-state index contributed by atoms with van der Waals surface area (Å²) >= 11 is 6.30. The van der Waals surface area contributed by atoms with Crippen molar-refractivity contribution in [1.29, 1.82) is 0 Å². The van der Waals surface area contributed by atoms with Gasteiger partial charge < -0.3 is 19.9 Å². The van der Waals surface area contributed by atoms with E-state index in [0.29, 0.717) is 53.3 Å². The van der Waals surface area contributed by atoms with Gasteiger partial charge in [0.1, 0.15) is 18.2 Å². The third kappa shape index (κ3) is 5.62. The molecule has 1 aliphatic heterocycles. The second kappa shape index (κ2) is 11.6. The maximum Gasteiger partial charge on any atom is 0.252 e. The van der Waals surface area contributed by atoms with Gasteiger partial charge in [0.15, 0.2) is 5.78 Å². The minimum absolute atomic E-state index is 0.130. The van der Waals surface area contributed by atoms with Crippen molar-refractivity contribution >= 4 is 29.0 Å². The van der Waals surface area contributed by atoms with Gasteiger partial charge in [-0.2, -0.15) is 0 Å². The van der Waals surface area contributed by atoms with Crippen molar-refractivity contribution in [2.75, 3.05) is 13.7 Å². The zero-order valence-electron chi connectivity index (χ0n) is 21.0. The van der Waals surface area contributed by atoms with Crippen molar-refractivity contribution in [3.63, 3.8) is 0 Å². The molecule has 1 amide bonds. The molecule has 8 nitrogen and oxygen atoms in total. The van der Waals surface area contributed by atoms with Crippen LogP contribution in [0.3, 0.4) is 0 Å². The Balaban J connectivity index is 1.73. The summed E-state index contributed by atoms with van der Waals surface area (Å²) in [5, 5.41) is 4.58. The molecule has 1 atom stereocenters. The monoisotopic (exact) mass is 539 g/mol. The lowest BCUT2D eigenvalue weighted by Gasteiger charge is -2.21. The highest BCUT2D eigenvalue weighted by Gasteiger charge is 2.25. The van der Waals surface area contributed by atoms with Crippen LogP contribution in [0.2, 0.25) is 5.02 Å². The van der Waals surface area contributed by atoms with Gasteiger partial charge in [0.2, 0.25) is 0 Å². The number of pyridine rings is 1. The van der Waals surface area contributed by atoms with Gasteiger partial charge in [-0.05, 0) is 41.8 Å². The number of ketones is 1. The first kappa shape index (κ1) is 27.1. The van der Waals surface area contributed by atoms with Gasteiger partial charge in [0, 0.05) is 35.1 Å². The predicted octanol–water partition coefficient (Wildman–Crippen LogP) is 4.69. The Hall–Kier alpha value is -3.98. The first-order chi connectivity index (χ1) is 18.2. The molecule has 0 radical (unpaired) electrons. The summed E-state index contributed by atoms with van der Waals surface area (Å²) in [6.07, 6.45) is 3.02. The van der Waals surface area contributed by atoms with E-state index in [2.05, 4.69) is 5.16 Å². The lowest BCUT2D eigenvalue weighted by molar-refractivity contribution is -0.121. The molecule has 4 rings (SSSR count). The van der Waals surface area contributed by atoms with Crippen LogP contribution in [-0.2, 0) is 16.1 Å². The lowest BCUT2D eigenvalue weighted by atomic mass is 9.95. The Morgan fingerprint density at radius 2 is 1.97 bits per heavy atom. The van der Waals surface area contributed by atoms with Gasteiger partial charge in [0.05, 0.1) is 30.6 Å². The number of carbonyl (C=O) groups excluding carboxylic acids is 2. The van der Waals surface area contributed by atoms with Crippen LogP contribution in [-0.4, -0.2) is 35.7 Å². The number of amides is 1. The van der Waals surface area contributed by atoms with Gasteiger partial charge in [-0.15, -0.1) is 0 Å². The van der Waals surface area contributed by atoms with E-state index >= 15 is 0 Å². The summed E-state index contributed by atoms with van der Waals surface area (Å²) in [5.74, 6) is -1.60. The highest BCUT2D eigenvalue weighted by atomic mass is 35.5. The van der Waals surface area contributed by atoms with Crippen LogP contribution in [0.25, 0.3) is 11.1 Å². The van der Waals surface area contributed by atoms with E-state index in [4.69, 9.17) is 26.9 Å². The Bertz CT molecular complexity index is 1480. The van der Waals surface area contributed by atoms with Crippen molar-refractivity contribution < 1.29 is 23.6 Å². The van der Waals surface area contributed by atoms with Crippen LogP contribution in [0.1, 0.15) is 53.7 Å². The summed E-state index contributed by atoms with van der Waals surface area (Å²) < 4.78 is 21.3. The number of ether oxygens (including phenoxy) is 1. The van der Waals surface area contributed by atoms with Crippen LogP contribution in [0.4, 0.5) is 4.39 Å². The van der Waals surface area contributed by atoms with Crippen molar-refractivity contribution in [2.45, 2.75) is 38.6 Å². The van der Waals surface area contributed by atoms with Crippen LogP contribution in [0.15, 0.2) is 58.6 Å². The van der Waals surface area contributed by atoms with Crippen molar-refractivity contribution in [3.05, 3.63) is 86.5 Å². The first-order valence-electron chi connectivity index (χ1n) is 12.1. The molecule has 2 heterocycles. The number of methoxy groups -OCH3 is 1. The predicted molar refractivity (Wildman–Crippen MR) is 142 cm³/mol. The molecule has 10 heteroatoms. The molecule has 1 unspecified atom stereocenters. The zero-order valence-corrected chi connectivity index (χ0v) is 21.8. The fourth-order valence-corrected chi connectivity index (χ4v) is 4.72. The van der Waals surface area contributed by atoms with E-state index in [0.717, 1.165) is 17.3 Å². The normalized spacial score (nSPS) is 13.5. The Labute approximate surface area is 223 Å². The third-order valence-corrected chi connectivity index (χ3v) is 6.63. The average molecular weight is 540 g/mol. The van der Waals surface area contributed by atoms with E-state index in [-0.39, 0.29) is 17.8 Å². The maximum atomic E-state index is 14.3. The smallest absolute Gasteiger partial charge is 0.252 e. The fourth-order valence-electron chi connectivity index (χ4n) is 4.55. The molecular formula is C28H27ClFN3O5. The number of benzene rings is 2. The molecule has 1 aromatic heterocycles. The molecule has 0 aliphatic carbocycles. The summed E-state index contributed by atoms with van der Waals surface area (Å²) in [7, 11) is 1.48.